The molecule has 1 aromatic carbocycles. The second-order valence-corrected chi connectivity index (χ2v) is 4.31. The average Bonchev–Trinajstić information content (AvgIpc) is 3.11. The SMILES string of the molecule is Clc1ccc(-n2cnnn2)cc1NCc1ccoc1. The number of halogens is 1. The van der Waals surface area contributed by atoms with Gasteiger partial charge in [0.15, 0.2) is 0 Å². The van der Waals surface area contributed by atoms with Crippen LogP contribution in [0.1, 0.15) is 5.56 Å². The van der Waals surface area contributed by atoms with Gasteiger partial charge in [-0.1, -0.05) is 11.6 Å². The van der Waals surface area contributed by atoms with E-state index < -0.39 is 0 Å². The molecule has 1 N–H and O–H groups in total. The van der Waals surface area contributed by atoms with Crippen molar-refractivity contribution >= 4 is 17.3 Å². The minimum Gasteiger partial charge on any atom is -0.472 e. The van der Waals surface area contributed by atoms with E-state index in [2.05, 4.69) is 20.8 Å². The van der Waals surface area contributed by atoms with E-state index in [0.29, 0.717) is 11.6 Å². The Morgan fingerprint density at radius 1 is 1.32 bits per heavy atom. The average molecular weight is 276 g/mol. The lowest BCUT2D eigenvalue weighted by molar-refractivity contribution is 0.564. The summed E-state index contributed by atoms with van der Waals surface area (Å²) < 4.78 is 6.58. The zero-order valence-electron chi connectivity index (χ0n) is 9.82. The number of tetrazole rings is 1. The molecule has 0 atom stereocenters. The number of hydrogen-bond donors (Lipinski definition) is 1. The van der Waals surface area contributed by atoms with Crippen molar-refractivity contribution in [2.24, 2.45) is 0 Å². The van der Waals surface area contributed by atoms with E-state index in [1.54, 1.807) is 23.3 Å². The Bertz CT molecular complexity index is 651. The van der Waals surface area contributed by atoms with Crippen molar-refractivity contribution in [3.63, 3.8) is 0 Å². The Morgan fingerprint density at radius 3 is 3.00 bits per heavy atom. The van der Waals surface area contributed by atoms with Gasteiger partial charge in [-0.25, -0.2) is 4.68 Å². The van der Waals surface area contributed by atoms with Crippen molar-refractivity contribution in [2.45, 2.75) is 6.54 Å². The molecule has 2 heterocycles. The lowest BCUT2D eigenvalue weighted by Crippen LogP contribution is -2.01. The van der Waals surface area contributed by atoms with Crippen molar-refractivity contribution in [3.05, 3.63) is 53.7 Å². The Morgan fingerprint density at radius 2 is 2.26 bits per heavy atom. The maximum atomic E-state index is 6.15. The monoisotopic (exact) mass is 275 g/mol. The zero-order chi connectivity index (χ0) is 13.1. The molecule has 96 valence electrons. The molecule has 0 amide bonds. The number of benzene rings is 1. The highest BCUT2D eigenvalue weighted by Gasteiger charge is 2.05. The van der Waals surface area contributed by atoms with Crippen molar-refractivity contribution < 1.29 is 4.42 Å². The molecule has 0 aliphatic rings. The molecule has 0 aliphatic heterocycles. The van der Waals surface area contributed by atoms with Crippen LogP contribution in [0.2, 0.25) is 5.02 Å². The Hall–Kier alpha value is -2.34. The number of rotatable bonds is 4. The lowest BCUT2D eigenvalue weighted by atomic mass is 10.2. The summed E-state index contributed by atoms with van der Waals surface area (Å²) in [4.78, 5) is 0. The van der Waals surface area contributed by atoms with Crippen molar-refractivity contribution in [2.75, 3.05) is 5.32 Å². The van der Waals surface area contributed by atoms with Crippen LogP contribution in [0.15, 0.2) is 47.5 Å². The molecule has 0 saturated carbocycles. The molecule has 0 unspecified atom stereocenters. The van der Waals surface area contributed by atoms with Gasteiger partial charge in [0.25, 0.3) is 0 Å². The quantitative estimate of drug-likeness (QED) is 0.792. The van der Waals surface area contributed by atoms with Gasteiger partial charge < -0.3 is 9.73 Å². The summed E-state index contributed by atoms with van der Waals surface area (Å²) in [6.07, 6.45) is 4.85. The maximum absolute atomic E-state index is 6.15. The van der Waals surface area contributed by atoms with E-state index in [9.17, 15) is 0 Å². The summed E-state index contributed by atoms with van der Waals surface area (Å²) in [7, 11) is 0. The highest BCUT2D eigenvalue weighted by molar-refractivity contribution is 6.33. The molecule has 6 nitrogen and oxygen atoms in total. The van der Waals surface area contributed by atoms with Crippen LogP contribution < -0.4 is 5.32 Å². The van der Waals surface area contributed by atoms with Crippen LogP contribution in [0.3, 0.4) is 0 Å². The molecule has 2 aromatic heterocycles. The molecule has 0 saturated heterocycles. The first-order valence-corrected chi connectivity index (χ1v) is 5.98. The number of nitrogens with one attached hydrogen (secondary N) is 1. The van der Waals surface area contributed by atoms with E-state index in [-0.39, 0.29) is 0 Å². The van der Waals surface area contributed by atoms with Gasteiger partial charge >= 0.3 is 0 Å². The van der Waals surface area contributed by atoms with Gasteiger partial charge in [0.2, 0.25) is 0 Å². The normalized spacial score (nSPS) is 10.6. The summed E-state index contributed by atoms with van der Waals surface area (Å²) >= 11 is 6.15. The first-order chi connectivity index (χ1) is 9.33. The van der Waals surface area contributed by atoms with Gasteiger partial charge in [0.1, 0.15) is 6.33 Å². The van der Waals surface area contributed by atoms with Crippen LogP contribution in [0, 0.1) is 0 Å². The van der Waals surface area contributed by atoms with Crippen molar-refractivity contribution in [1.29, 1.82) is 0 Å². The van der Waals surface area contributed by atoms with Gasteiger partial charge in [-0.05, 0) is 34.7 Å². The van der Waals surface area contributed by atoms with E-state index in [0.717, 1.165) is 16.9 Å². The molecule has 0 fully saturated rings. The topological polar surface area (TPSA) is 68.8 Å². The fourth-order valence-corrected chi connectivity index (χ4v) is 1.85. The molecule has 19 heavy (non-hydrogen) atoms. The predicted octanol–water partition coefficient (Wildman–Crippen LogP) is 2.52. The van der Waals surface area contributed by atoms with Gasteiger partial charge in [-0.2, -0.15) is 0 Å². The lowest BCUT2D eigenvalue weighted by Gasteiger charge is -2.09. The largest absolute Gasteiger partial charge is 0.472 e. The molecule has 7 heteroatoms. The Balaban J connectivity index is 1.82. The van der Waals surface area contributed by atoms with Gasteiger partial charge in [-0.3, -0.25) is 0 Å². The fraction of sp³-hybridized carbons (Fsp3) is 0.0833. The summed E-state index contributed by atoms with van der Waals surface area (Å²) in [6.45, 7) is 0.634. The number of nitrogens with zero attached hydrogens (tertiary/aromatic N) is 4. The number of aromatic nitrogens is 4. The van der Waals surface area contributed by atoms with Crippen LogP contribution in [0.4, 0.5) is 5.69 Å². The van der Waals surface area contributed by atoms with E-state index in [1.807, 2.05) is 18.2 Å². The second-order valence-electron chi connectivity index (χ2n) is 3.90. The third-order valence-corrected chi connectivity index (χ3v) is 2.96. The predicted molar refractivity (Wildman–Crippen MR) is 70.2 cm³/mol. The third-order valence-electron chi connectivity index (χ3n) is 2.63. The summed E-state index contributed by atoms with van der Waals surface area (Å²) in [5.74, 6) is 0. The highest BCUT2D eigenvalue weighted by Crippen LogP contribution is 2.25. The first-order valence-electron chi connectivity index (χ1n) is 5.61. The minimum absolute atomic E-state index is 0.634. The summed E-state index contributed by atoms with van der Waals surface area (Å²) in [6, 6.07) is 7.43. The van der Waals surface area contributed by atoms with Crippen LogP contribution in [-0.2, 0) is 6.54 Å². The number of hydrogen-bond acceptors (Lipinski definition) is 5. The van der Waals surface area contributed by atoms with Crippen LogP contribution >= 0.6 is 11.6 Å². The Kier molecular flexibility index (Phi) is 3.16. The van der Waals surface area contributed by atoms with Crippen LogP contribution in [0.25, 0.3) is 5.69 Å². The van der Waals surface area contributed by atoms with Crippen molar-refractivity contribution in [1.82, 2.24) is 20.2 Å². The van der Waals surface area contributed by atoms with E-state index in [1.165, 1.54) is 6.33 Å². The molecular weight excluding hydrogens is 266 g/mol. The maximum Gasteiger partial charge on any atom is 0.143 e. The molecule has 0 aliphatic carbocycles. The smallest absolute Gasteiger partial charge is 0.143 e. The third kappa shape index (κ3) is 2.58. The van der Waals surface area contributed by atoms with Gasteiger partial charge in [0.05, 0.1) is 28.9 Å². The molecular formula is C12H10ClN5O. The molecule has 0 bridgehead atoms. The van der Waals surface area contributed by atoms with Gasteiger partial charge in [0, 0.05) is 12.1 Å². The number of furan rings is 1. The van der Waals surface area contributed by atoms with Crippen LogP contribution in [0.5, 0.6) is 0 Å². The van der Waals surface area contributed by atoms with Gasteiger partial charge in [-0.15, -0.1) is 5.10 Å². The fourth-order valence-electron chi connectivity index (χ4n) is 1.66. The van der Waals surface area contributed by atoms with E-state index in [4.69, 9.17) is 16.0 Å². The molecule has 3 aromatic rings. The van der Waals surface area contributed by atoms with Crippen LogP contribution in [-0.4, -0.2) is 20.2 Å². The van der Waals surface area contributed by atoms with E-state index >= 15 is 0 Å². The molecule has 3 rings (SSSR count). The highest BCUT2D eigenvalue weighted by atomic mass is 35.5. The Labute approximate surface area is 114 Å². The van der Waals surface area contributed by atoms with Crippen molar-refractivity contribution in [3.8, 4) is 5.69 Å². The summed E-state index contributed by atoms with van der Waals surface area (Å²) in [5, 5.41) is 14.9. The molecule has 0 radical (unpaired) electrons. The standard InChI is InChI=1S/C12H10ClN5O/c13-11-2-1-10(18-8-15-16-17-18)5-12(11)14-6-9-3-4-19-7-9/h1-5,7-8,14H,6H2. The number of anilines is 1. The second kappa shape index (κ2) is 5.11. The molecule has 0 spiro atoms. The minimum atomic E-state index is 0.634. The zero-order valence-corrected chi connectivity index (χ0v) is 10.6. The summed E-state index contributed by atoms with van der Waals surface area (Å²) in [5.41, 5.74) is 2.70. The first kappa shape index (κ1) is 11.7.